The van der Waals surface area contributed by atoms with Crippen molar-refractivity contribution in [1.29, 1.82) is 5.26 Å². The van der Waals surface area contributed by atoms with E-state index in [0.717, 1.165) is 28.2 Å². The number of nitrogens with zero attached hydrogens (tertiary/aromatic N) is 3. The Morgan fingerprint density at radius 1 is 1.14 bits per heavy atom. The normalized spacial score (nSPS) is 17.7. The smallest absolute Gasteiger partial charge is 0.406 e. The van der Waals surface area contributed by atoms with Crippen LogP contribution in [0.15, 0.2) is 42.5 Å². The number of hydrogen-bond acceptors (Lipinski definition) is 5. The molecule has 1 aliphatic heterocycles. The number of rotatable bonds is 7. The first kappa shape index (κ1) is 25.6. The van der Waals surface area contributed by atoms with E-state index in [1.807, 2.05) is 26.0 Å². The van der Waals surface area contributed by atoms with Crippen molar-refractivity contribution in [1.82, 2.24) is 10.2 Å². The molecule has 2 aromatic rings. The summed E-state index contributed by atoms with van der Waals surface area (Å²) in [5, 5.41) is 11.5. The lowest BCUT2D eigenvalue weighted by molar-refractivity contribution is -0.274. The largest absolute Gasteiger partial charge is 0.573 e. The van der Waals surface area contributed by atoms with Gasteiger partial charge in [-0.1, -0.05) is 18.2 Å². The number of alkyl halides is 3. The van der Waals surface area contributed by atoms with Crippen molar-refractivity contribution in [3.05, 3.63) is 59.2 Å². The minimum atomic E-state index is -4.87. The number of carbonyl (C=O) groups excluding carboxylic acids is 3. The number of ether oxygens (including phenoxy) is 1. The number of amides is 4. The predicted molar refractivity (Wildman–Crippen MR) is 119 cm³/mol. The van der Waals surface area contributed by atoms with Crippen LogP contribution in [0.3, 0.4) is 0 Å². The van der Waals surface area contributed by atoms with Gasteiger partial charge in [-0.15, -0.1) is 13.2 Å². The SMILES string of the molecule is Cc1cc(C)cc(N(CCC#N)C(=O)CN2C(=O)NC(C)(c3ccc(OC(F)(F)F)cc3)C2=O)c1. The molecule has 0 aliphatic carbocycles. The average Bonchev–Trinajstić information content (AvgIpc) is 2.96. The monoisotopic (exact) mass is 488 g/mol. The van der Waals surface area contributed by atoms with Crippen LogP contribution >= 0.6 is 0 Å². The van der Waals surface area contributed by atoms with Gasteiger partial charge in [0.05, 0.1) is 12.5 Å². The lowest BCUT2D eigenvalue weighted by Gasteiger charge is -2.25. The highest BCUT2D eigenvalue weighted by Crippen LogP contribution is 2.31. The Balaban J connectivity index is 1.82. The van der Waals surface area contributed by atoms with Gasteiger partial charge >= 0.3 is 12.4 Å². The summed E-state index contributed by atoms with van der Waals surface area (Å²) in [6.45, 7) is 4.61. The number of anilines is 1. The molecule has 0 bridgehead atoms. The molecule has 1 fully saturated rings. The van der Waals surface area contributed by atoms with Crippen molar-refractivity contribution >= 4 is 23.5 Å². The summed E-state index contributed by atoms with van der Waals surface area (Å²) in [6.07, 6.45) is -4.82. The number of aryl methyl sites for hydroxylation is 2. The first-order valence-electron chi connectivity index (χ1n) is 10.6. The van der Waals surface area contributed by atoms with Crippen molar-refractivity contribution in [2.75, 3.05) is 18.0 Å². The number of imide groups is 1. The van der Waals surface area contributed by atoms with Gasteiger partial charge in [0.15, 0.2) is 0 Å². The molecule has 4 amide bonds. The predicted octanol–water partition coefficient (Wildman–Crippen LogP) is 3.92. The molecule has 1 saturated heterocycles. The zero-order valence-electron chi connectivity index (χ0n) is 19.3. The Morgan fingerprint density at radius 2 is 1.74 bits per heavy atom. The number of nitriles is 1. The Hall–Kier alpha value is -4.07. The second kappa shape index (κ2) is 9.66. The highest BCUT2D eigenvalue weighted by Gasteiger charge is 2.49. The summed E-state index contributed by atoms with van der Waals surface area (Å²) in [6, 6.07) is 11.2. The fourth-order valence-corrected chi connectivity index (χ4v) is 3.91. The number of halogens is 3. The van der Waals surface area contributed by atoms with Crippen molar-refractivity contribution in [2.24, 2.45) is 0 Å². The van der Waals surface area contributed by atoms with E-state index >= 15 is 0 Å². The van der Waals surface area contributed by atoms with Crippen molar-refractivity contribution in [3.8, 4) is 11.8 Å². The molecule has 1 heterocycles. The highest BCUT2D eigenvalue weighted by molar-refractivity contribution is 6.10. The maximum atomic E-state index is 13.2. The molecule has 0 aromatic heterocycles. The van der Waals surface area contributed by atoms with Crippen LogP contribution in [0.4, 0.5) is 23.7 Å². The van der Waals surface area contributed by atoms with E-state index in [1.165, 1.54) is 24.0 Å². The van der Waals surface area contributed by atoms with E-state index in [0.29, 0.717) is 5.69 Å². The van der Waals surface area contributed by atoms with Gasteiger partial charge in [-0.3, -0.25) is 14.5 Å². The molecule has 3 rings (SSSR count). The van der Waals surface area contributed by atoms with Crippen LogP contribution in [0.2, 0.25) is 0 Å². The van der Waals surface area contributed by atoms with E-state index in [4.69, 9.17) is 5.26 Å². The fraction of sp³-hybridized carbons (Fsp3) is 0.333. The molecule has 1 unspecified atom stereocenters. The molecule has 184 valence electrons. The maximum Gasteiger partial charge on any atom is 0.573 e. The molecule has 11 heteroatoms. The van der Waals surface area contributed by atoms with E-state index < -0.39 is 42.0 Å². The lowest BCUT2D eigenvalue weighted by Crippen LogP contribution is -2.45. The van der Waals surface area contributed by atoms with Crippen molar-refractivity contribution < 1.29 is 32.3 Å². The van der Waals surface area contributed by atoms with Crippen LogP contribution in [0.25, 0.3) is 0 Å². The summed E-state index contributed by atoms with van der Waals surface area (Å²) in [5.74, 6) is -1.77. The molecule has 8 nitrogen and oxygen atoms in total. The minimum absolute atomic E-state index is 0.0446. The Kier molecular flexibility index (Phi) is 7.05. The van der Waals surface area contributed by atoms with Crippen LogP contribution in [0.1, 0.15) is 30.0 Å². The van der Waals surface area contributed by atoms with Gasteiger partial charge in [-0.25, -0.2) is 4.79 Å². The molecule has 1 N–H and O–H groups in total. The lowest BCUT2D eigenvalue weighted by atomic mass is 9.92. The summed E-state index contributed by atoms with van der Waals surface area (Å²) < 4.78 is 41.1. The summed E-state index contributed by atoms with van der Waals surface area (Å²) in [4.78, 5) is 41.1. The molecular formula is C24H23F3N4O4. The number of benzene rings is 2. The van der Waals surface area contributed by atoms with E-state index in [9.17, 15) is 27.6 Å². The first-order chi connectivity index (χ1) is 16.3. The number of urea groups is 1. The van der Waals surface area contributed by atoms with Crippen LogP contribution in [-0.4, -0.2) is 42.2 Å². The molecule has 0 radical (unpaired) electrons. The Labute approximate surface area is 199 Å². The summed E-state index contributed by atoms with van der Waals surface area (Å²) in [7, 11) is 0. The number of carbonyl (C=O) groups is 3. The fourth-order valence-electron chi connectivity index (χ4n) is 3.91. The number of nitrogens with one attached hydrogen (secondary N) is 1. The third kappa shape index (κ3) is 5.71. The van der Waals surface area contributed by atoms with E-state index in [-0.39, 0.29) is 18.5 Å². The van der Waals surface area contributed by atoms with Gasteiger partial charge < -0.3 is 15.0 Å². The van der Waals surface area contributed by atoms with Gasteiger partial charge in [-0.2, -0.15) is 5.26 Å². The second-order valence-corrected chi connectivity index (χ2v) is 8.32. The topological polar surface area (TPSA) is 103 Å². The third-order valence-corrected chi connectivity index (χ3v) is 5.50. The summed E-state index contributed by atoms with van der Waals surface area (Å²) in [5.41, 5.74) is 0.963. The zero-order chi connectivity index (χ0) is 26.0. The standard InChI is InChI=1S/C24H23F3N4O4/c1-15-11-16(2)13-18(12-15)30(10-4-9-28)20(32)14-31-21(33)23(3,29-22(31)34)17-5-7-19(8-6-17)35-24(25,26)27/h5-8,11-13H,4,10,14H2,1-3H3,(H,29,34). The van der Waals surface area contributed by atoms with Gasteiger partial charge in [0.2, 0.25) is 5.91 Å². The Morgan fingerprint density at radius 3 is 2.29 bits per heavy atom. The van der Waals surface area contributed by atoms with Crippen LogP contribution in [-0.2, 0) is 15.1 Å². The maximum absolute atomic E-state index is 13.2. The molecule has 0 saturated carbocycles. The Bertz CT molecular complexity index is 1170. The molecule has 1 atom stereocenters. The van der Waals surface area contributed by atoms with Crippen molar-refractivity contribution in [2.45, 2.75) is 39.1 Å². The van der Waals surface area contributed by atoms with E-state index in [2.05, 4.69) is 10.1 Å². The number of hydrogen-bond donors (Lipinski definition) is 1. The van der Waals surface area contributed by atoms with Gasteiger partial charge in [0, 0.05) is 12.2 Å². The van der Waals surface area contributed by atoms with Crippen LogP contribution < -0.4 is 15.0 Å². The highest BCUT2D eigenvalue weighted by atomic mass is 19.4. The molecule has 0 spiro atoms. The second-order valence-electron chi connectivity index (χ2n) is 8.32. The molecule has 35 heavy (non-hydrogen) atoms. The zero-order valence-corrected chi connectivity index (χ0v) is 19.3. The van der Waals surface area contributed by atoms with Gasteiger partial charge in [-0.05, 0) is 61.7 Å². The average molecular weight is 488 g/mol. The molecular weight excluding hydrogens is 465 g/mol. The van der Waals surface area contributed by atoms with Crippen molar-refractivity contribution in [3.63, 3.8) is 0 Å². The van der Waals surface area contributed by atoms with E-state index in [1.54, 1.807) is 12.1 Å². The third-order valence-electron chi connectivity index (χ3n) is 5.50. The summed E-state index contributed by atoms with van der Waals surface area (Å²) >= 11 is 0. The van der Waals surface area contributed by atoms with Crippen LogP contribution in [0, 0.1) is 25.2 Å². The molecule has 2 aromatic carbocycles. The van der Waals surface area contributed by atoms with Gasteiger partial charge in [0.1, 0.15) is 17.8 Å². The minimum Gasteiger partial charge on any atom is -0.406 e. The van der Waals surface area contributed by atoms with Gasteiger partial charge in [0.25, 0.3) is 5.91 Å². The molecule has 1 aliphatic rings. The quantitative estimate of drug-likeness (QED) is 0.596. The first-order valence-corrected chi connectivity index (χ1v) is 10.6. The van der Waals surface area contributed by atoms with Crippen LogP contribution in [0.5, 0.6) is 5.75 Å².